The normalized spacial score (nSPS) is 20.3. The van der Waals surface area contributed by atoms with Crippen molar-refractivity contribution in [2.75, 3.05) is 13.1 Å². The van der Waals surface area contributed by atoms with E-state index in [1.807, 2.05) is 11.0 Å². The number of amides is 2. The number of carbonyl (C=O) groups is 2. The van der Waals surface area contributed by atoms with Gasteiger partial charge in [0.2, 0.25) is 5.91 Å². The molecule has 0 spiro atoms. The highest BCUT2D eigenvalue weighted by atomic mass is 16.2. The molecule has 2 N–H and O–H groups in total. The standard InChI is InChI=1S/C19H29N3O2/c1-13-12-17(14(2)22(13)16-6-4-3-5-7-16)19(24)21-10-8-15(9-11-21)18(20)23/h12,15-16H,3-11H2,1-2H3,(H2,20,23). The first kappa shape index (κ1) is 17.1. The molecule has 2 heterocycles. The SMILES string of the molecule is Cc1cc(C(=O)N2CCC(C(N)=O)CC2)c(C)n1C1CCCCC1. The first-order valence-electron chi connectivity index (χ1n) is 9.26. The lowest BCUT2D eigenvalue weighted by Gasteiger charge is -2.31. The van der Waals surface area contributed by atoms with Crippen LogP contribution in [0.25, 0.3) is 0 Å². The Labute approximate surface area is 144 Å². The minimum Gasteiger partial charge on any atom is -0.369 e. The lowest BCUT2D eigenvalue weighted by Crippen LogP contribution is -2.41. The summed E-state index contributed by atoms with van der Waals surface area (Å²) in [7, 11) is 0. The lowest BCUT2D eigenvalue weighted by atomic mass is 9.95. The van der Waals surface area contributed by atoms with Crippen LogP contribution in [0.3, 0.4) is 0 Å². The van der Waals surface area contributed by atoms with Gasteiger partial charge < -0.3 is 15.2 Å². The minimum atomic E-state index is -0.238. The Morgan fingerprint density at radius 3 is 2.25 bits per heavy atom. The maximum atomic E-state index is 12.9. The minimum absolute atomic E-state index is 0.0799. The fourth-order valence-electron chi connectivity index (χ4n) is 4.43. The first-order chi connectivity index (χ1) is 11.5. The quantitative estimate of drug-likeness (QED) is 0.925. The van der Waals surface area contributed by atoms with E-state index in [0.29, 0.717) is 32.0 Å². The van der Waals surface area contributed by atoms with Crippen molar-refractivity contribution >= 4 is 11.8 Å². The number of carbonyl (C=O) groups excluding carboxylic acids is 2. The van der Waals surface area contributed by atoms with Gasteiger partial charge >= 0.3 is 0 Å². The molecule has 1 saturated carbocycles. The molecule has 1 saturated heterocycles. The van der Waals surface area contributed by atoms with Gasteiger partial charge in [-0.1, -0.05) is 19.3 Å². The highest BCUT2D eigenvalue weighted by Gasteiger charge is 2.29. The average Bonchev–Trinajstić information content (AvgIpc) is 2.89. The lowest BCUT2D eigenvalue weighted by molar-refractivity contribution is -0.123. The number of primary amides is 1. The summed E-state index contributed by atoms with van der Waals surface area (Å²) in [5.41, 5.74) is 8.50. The predicted molar refractivity (Wildman–Crippen MR) is 93.8 cm³/mol. The van der Waals surface area contributed by atoms with Gasteiger partial charge in [-0.25, -0.2) is 0 Å². The van der Waals surface area contributed by atoms with Crippen molar-refractivity contribution in [2.24, 2.45) is 11.7 Å². The van der Waals surface area contributed by atoms with Gasteiger partial charge in [-0.15, -0.1) is 0 Å². The molecule has 0 unspecified atom stereocenters. The van der Waals surface area contributed by atoms with E-state index in [2.05, 4.69) is 18.4 Å². The molecule has 0 radical (unpaired) electrons. The number of hydrogen-bond acceptors (Lipinski definition) is 2. The van der Waals surface area contributed by atoms with Crippen LogP contribution in [0.4, 0.5) is 0 Å². The maximum Gasteiger partial charge on any atom is 0.255 e. The average molecular weight is 331 g/mol. The van der Waals surface area contributed by atoms with Crippen LogP contribution in [0.1, 0.15) is 72.7 Å². The molecule has 1 aromatic rings. The van der Waals surface area contributed by atoms with Gasteiger partial charge in [0.05, 0.1) is 5.56 Å². The fourth-order valence-corrected chi connectivity index (χ4v) is 4.43. The van der Waals surface area contributed by atoms with Gasteiger partial charge in [0.1, 0.15) is 0 Å². The number of aryl methyl sites for hydroxylation is 1. The number of rotatable bonds is 3. The third-order valence-corrected chi connectivity index (χ3v) is 5.84. The van der Waals surface area contributed by atoms with E-state index < -0.39 is 0 Å². The second kappa shape index (κ2) is 6.99. The topological polar surface area (TPSA) is 68.3 Å². The highest BCUT2D eigenvalue weighted by molar-refractivity contribution is 5.96. The van der Waals surface area contributed by atoms with Crippen molar-refractivity contribution < 1.29 is 9.59 Å². The third-order valence-electron chi connectivity index (χ3n) is 5.84. The number of aromatic nitrogens is 1. The molecule has 1 aliphatic heterocycles. The summed E-state index contributed by atoms with van der Waals surface area (Å²) < 4.78 is 2.38. The molecule has 24 heavy (non-hydrogen) atoms. The van der Waals surface area contributed by atoms with E-state index in [9.17, 15) is 9.59 Å². The van der Waals surface area contributed by atoms with Gasteiger partial charge in [-0.05, 0) is 45.6 Å². The Bertz CT molecular complexity index is 621. The zero-order valence-electron chi connectivity index (χ0n) is 14.9. The van der Waals surface area contributed by atoms with E-state index in [4.69, 9.17) is 5.73 Å². The molecule has 2 amide bonds. The van der Waals surface area contributed by atoms with Crippen LogP contribution in [0.15, 0.2) is 6.07 Å². The largest absolute Gasteiger partial charge is 0.369 e. The van der Waals surface area contributed by atoms with Crippen molar-refractivity contribution in [3.05, 3.63) is 23.0 Å². The predicted octanol–water partition coefficient (Wildman–Crippen LogP) is 2.95. The summed E-state index contributed by atoms with van der Waals surface area (Å²) in [5.74, 6) is -0.214. The van der Waals surface area contributed by atoms with Crippen LogP contribution in [0.2, 0.25) is 0 Å². The van der Waals surface area contributed by atoms with Crippen molar-refractivity contribution in [2.45, 2.75) is 64.8 Å². The van der Waals surface area contributed by atoms with E-state index in [-0.39, 0.29) is 17.7 Å². The summed E-state index contributed by atoms with van der Waals surface area (Å²) in [5, 5.41) is 0. The van der Waals surface area contributed by atoms with Crippen LogP contribution in [-0.4, -0.2) is 34.4 Å². The monoisotopic (exact) mass is 331 g/mol. The van der Waals surface area contributed by atoms with Crippen LogP contribution < -0.4 is 5.73 Å². The molecule has 0 atom stereocenters. The summed E-state index contributed by atoms with van der Waals surface area (Å²) in [4.78, 5) is 26.1. The molecule has 1 aromatic heterocycles. The zero-order chi connectivity index (χ0) is 17.3. The summed E-state index contributed by atoms with van der Waals surface area (Å²) in [6.45, 7) is 5.43. The molecule has 3 rings (SSSR count). The molecule has 132 valence electrons. The smallest absolute Gasteiger partial charge is 0.255 e. The molecule has 1 aliphatic carbocycles. The number of piperidine rings is 1. The van der Waals surface area contributed by atoms with E-state index >= 15 is 0 Å². The van der Waals surface area contributed by atoms with Crippen LogP contribution in [0.5, 0.6) is 0 Å². The molecule has 0 aromatic carbocycles. The number of nitrogens with zero attached hydrogens (tertiary/aromatic N) is 2. The summed E-state index contributed by atoms with van der Waals surface area (Å²) in [6, 6.07) is 2.59. The third kappa shape index (κ3) is 3.21. The van der Waals surface area contributed by atoms with Gasteiger partial charge in [-0.2, -0.15) is 0 Å². The van der Waals surface area contributed by atoms with E-state index in [1.54, 1.807) is 0 Å². The van der Waals surface area contributed by atoms with Gasteiger partial charge in [0, 0.05) is 36.4 Å². The Kier molecular flexibility index (Phi) is 4.97. The highest BCUT2D eigenvalue weighted by Crippen LogP contribution is 2.32. The second-order valence-corrected chi connectivity index (χ2v) is 7.42. The number of likely N-dealkylation sites (tertiary alicyclic amines) is 1. The Morgan fingerprint density at radius 2 is 1.67 bits per heavy atom. The molecule has 2 fully saturated rings. The van der Waals surface area contributed by atoms with Crippen molar-refractivity contribution in [3.63, 3.8) is 0 Å². The van der Waals surface area contributed by atoms with Crippen LogP contribution >= 0.6 is 0 Å². The fraction of sp³-hybridized carbons (Fsp3) is 0.684. The first-order valence-corrected chi connectivity index (χ1v) is 9.26. The van der Waals surface area contributed by atoms with Gasteiger partial charge in [-0.3, -0.25) is 9.59 Å². The van der Waals surface area contributed by atoms with E-state index in [0.717, 1.165) is 11.3 Å². The van der Waals surface area contributed by atoms with Gasteiger partial charge in [0.15, 0.2) is 0 Å². The van der Waals surface area contributed by atoms with Crippen molar-refractivity contribution in [1.82, 2.24) is 9.47 Å². The Morgan fingerprint density at radius 1 is 1.04 bits per heavy atom. The maximum absolute atomic E-state index is 12.9. The van der Waals surface area contributed by atoms with Crippen molar-refractivity contribution in [1.29, 1.82) is 0 Å². The molecular formula is C19H29N3O2. The summed E-state index contributed by atoms with van der Waals surface area (Å²) >= 11 is 0. The molecular weight excluding hydrogens is 302 g/mol. The van der Waals surface area contributed by atoms with Gasteiger partial charge in [0.25, 0.3) is 5.91 Å². The molecule has 2 aliphatic rings. The Hall–Kier alpha value is -1.78. The molecule has 5 heteroatoms. The Balaban J connectivity index is 1.75. The van der Waals surface area contributed by atoms with Crippen LogP contribution in [-0.2, 0) is 4.79 Å². The van der Waals surface area contributed by atoms with Crippen molar-refractivity contribution in [3.8, 4) is 0 Å². The second-order valence-electron chi connectivity index (χ2n) is 7.42. The number of nitrogens with two attached hydrogens (primary N) is 1. The van der Waals surface area contributed by atoms with Crippen LogP contribution in [0, 0.1) is 19.8 Å². The summed E-state index contributed by atoms with van der Waals surface area (Å²) in [6.07, 6.45) is 7.70. The molecule has 0 bridgehead atoms. The number of hydrogen-bond donors (Lipinski definition) is 1. The molecule has 5 nitrogen and oxygen atoms in total. The van der Waals surface area contributed by atoms with E-state index in [1.165, 1.54) is 37.8 Å². The zero-order valence-corrected chi connectivity index (χ0v) is 14.9.